The standard InChI is InChI=1S/C20H19NO/c1-2-6-15(7-3-1)13-21-14-16-10-11-18-17-8-4-5-9-19(17)22-20(18)12-16/h1-3,5-7,9-12,21H,4,8,13-14H2. The number of nitrogens with one attached hydrogen (secondary N) is 1. The van der Waals surface area contributed by atoms with Crippen molar-refractivity contribution in [2.24, 2.45) is 0 Å². The van der Waals surface area contributed by atoms with E-state index in [1.807, 2.05) is 6.07 Å². The van der Waals surface area contributed by atoms with Crippen LogP contribution in [0.15, 0.2) is 59.0 Å². The first kappa shape index (κ1) is 13.4. The van der Waals surface area contributed by atoms with Crippen molar-refractivity contribution < 1.29 is 4.42 Å². The highest BCUT2D eigenvalue weighted by Crippen LogP contribution is 2.31. The molecule has 2 heteroatoms. The molecule has 0 amide bonds. The molecule has 0 unspecified atom stereocenters. The van der Waals surface area contributed by atoms with Crippen molar-refractivity contribution in [2.45, 2.75) is 25.9 Å². The number of fused-ring (bicyclic) bond motifs is 3. The molecule has 3 aromatic rings. The van der Waals surface area contributed by atoms with Crippen molar-refractivity contribution in [3.63, 3.8) is 0 Å². The van der Waals surface area contributed by atoms with Gasteiger partial charge in [-0.05, 0) is 36.1 Å². The van der Waals surface area contributed by atoms with E-state index in [1.54, 1.807) is 0 Å². The summed E-state index contributed by atoms with van der Waals surface area (Å²) in [6, 6.07) is 17.1. The molecule has 1 aromatic heterocycles. The average molecular weight is 289 g/mol. The highest BCUT2D eigenvalue weighted by atomic mass is 16.3. The number of rotatable bonds is 4. The molecule has 1 aliphatic carbocycles. The van der Waals surface area contributed by atoms with Gasteiger partial charge in [0.1, 0.15) is 11.3 Å². The van der Waals surface area contributed by atoms with E-state index in [1.165, 1.54) is 22.1 Å². The second-order valence-corrected chi connectivity index (χ2v) is 5.81. The smallest absolute Gasteiger partial charge is 0.135 e. The molecule has 0 saturated carbocycles. The summed E-state index contributed by atoms with van der Waals surface area (Å²) < 4.78 is 5.98. The molecule has 0 bridgehead atoms. The fourth-order valence-electron chi connectivity index (χ4n) is 3.08. The Labute approximate surface area is 130 Å². The Morgan fingerprint density at radius 1 is 0.955 bits per heavy atom. The van der Waals surface area contributed by atoms with Crippen LogP contribution in [0.3, 0.4) is 0 Å². The number of hydrogen-bond acceptors (Lipinski definition) is 2. The summed E-state index contributed by atoms with van der Waals surface area (Å²) in [5.41, 5.74) is 4.94. The van der Waals surface area contributed by atoms with Gasteiger partial charge in [0, 0.05) is 24.0 Å². The summed E-state index contributed by atoms with van der Waals surface area (Å²) in [6.07, 6.45) is 6.49. The lowest BCUT2D eigenvalue weighted by Gasteiger charge is -2.05. The van der Waals surface area contributed by atoms with Crippen LogP contribution in [-0.4, -0.2) is 0 Å². The maximum atomic E-state index is 5.98. The normalized spacial score (nSPS) is 13.5. The van der Waals surface area contributed by atoms with Crippen LogP contribution < -0.4 is 5.32 Å². The highest BCUT2D eigenvalue weighted by Gasteiger charge is 2.14. The molecule has 22 heavy (non-hydrogen) atoms. The molecule has 0 spiro atoms. The van der Waals surface area contributed by atoms with Crippen molar-refractivity contribution in [3.05, 3.63) is 77.1 Å². The van der Waals surface area contributed by atoms with Crippen LogP contribution in [0.4, 0.5) is 0 Å². The maximum Gasteiger partial charge on any atom is 0.135 e. The summed E-state index contributed by atoms with van der Waals surface area (Å²) >= 11 is 0. The molecule has 110 valence electrons. The SMILES string of the molecule is C1=Cc2oc3cc(CNCc4ccccc4)ccc3c2CC1. The van der Waals surface area contributed by atoms with E-state index in [9.17, 15) is 0 Å². The minimum atomic E-state index is 0.853. The molecule has 0 saturated heterocycles. The molecule has 0 atom stereocenters. The molecule has 2 nitrogen and oxygen atoms in total. The number of hydrogen-bond donors (Lipinski definition) is 1. The van der Waals surface area contributed by atoms with Crippen molar-refractivity contribution >= 4 is 17.0 Å². The van der Waals surface area contributed by atoms with Crippen LogP contribution in [0.5, 0.6) is 0 Å². The van der Waals surface area contributed by atoms with E-state index in [0.717, 1.165) is 37.3 Å². The minimum absolute atomic E-state index is 0.853. The van der Waals surface area contributed by atoms with Gasteiger partial charge in [-0.15, -0.1) is 0 Å². The Bertz CT molecular complexity index is 814. The van der Waals surface area contributed by atoms with Gasteiger partial charge in [0.2, 0.25) is 0 Å². The molecule has 0 fully saturated rings. The maximum absolute atomic E-state index is 5.98. The molecule has 4 rings (SSSR count). The van der Waals surface area contributed by atoms with Gasteiger partial charge in [0.15, 0.2) is 0 Å². The summed E-state index contributed by atoms with van der Waals surface area (Å²) in [5.74, 6) is 1.04. The van der Waals surface area contributed by atoms with Crippen LogP contribution >= 0.6 is 0 Å². The fourth-order valence-corrected chi connectivity index (χ4v) is 3.08. The van der Waals surface area contributed by atoms with Gasteiger partial charge in [0.25, 0.3) is 0 Å². The highest BCUT2D eigenvalue weighted by molar-refractivity contribution is 5.85. The van der Waals surface area contributed by atoms with Gasteiger partial charge in [-0.25, -0.2) is 0 Å². The number of allylic oxidation sites excluding steroid dienone is 1. The van der Waals surface area contributed by atoms with E-state index in [-0.39, 0.29) is 0 Å². The molecular formula is C20H19NO. The number of benzene rings is 2. The molecule has 2 aromatic carbocycles. The quantitative estimate of drug-likeness (QED) is 0.754. The Hall–Kier alpha value is -2.32. The lowest BCUT2D eigenvalue weighted by Crippen LogP contribution is -2.12. The third-order valence-electron chi connectivity index (χ3n) is 4.22. The van der Waals surface area contributed by atoms with Gasteiger partial charge in [0.05, 0.1) is 0 Å². The van der Waals surface area contributed by atoms with E-state index in [4.69, 9.17) is 4.42 Å². The van der Waals surface area contributed by atoms with Crippen molar-refractivity contribution in [1.82, 2.24) is 5.32 Å². The number of aryl methyl sites for hydroxylation is 1. The van der Waals surface area contributed by atoms with Crippen LogP contribution in [0, 0.1) is 0 Å². The molecule has 1 heterocycles. The van der Waals surface area contributed by atoms with Crippen LogP contribution in [-0.2, 0) is 19.5 Å². The monoisotopic (exact) mass is 289 g/mol. The van der Waals surface area contributed by atoms with Gasteiger partial charge in [-0.2, -0.15) is 0 Å². The molecule has 1 N–H and O–H groups in total. The lowest BCUT2D eigenvalue weighted by molar-refractivity contribution is 0.594. The van der Waals surface area contributed by atoms with Gasteiger partial charge in [-0.3, -0.25) is 0 Å². The topological polar surface area (TPSA) is 25.2 Å². The summed E-state index contributed by atoms with van der Waals surface area (Å²) in [5, 5.41) is 4.76. The Morgan fingerprint density at radius 2 is 1.82 bits per heavy atom. The fraction of sp³-hybridized carbons (Fsp3) is 0.200. The molecular weight excluding hydrogens is 270 g/mol. The first-order valence-corrected chi connectivity index (χ1v) is 7.85. The van der Waals surface area contributed by atoms with Crippen molar-refractivity contribution in [1.29, 1.82) is 0 Å². The lowest BCUT2D eigenvalue weighted by atomic mass is 10.0. The predicted molar refractivity (Wildman–Crippen MR) is 90.6 cm³/mol. The first-order valence-electron chi connectivity index (χ1n) is 7.85. The summed E-state index contributed by atoms with van der Waals surface area (Å²) in [7, 11) is 0. The van der Waals surface area contributed by atoms with Crippen molar-refractivity contribution in [2.75, 3.05) is 0 Å². The first-order chi connectivity index (χ1) is 10.9. The van der Waals surface area contributed by atoms with Crippen LogP contribution in [0.25, 0.3) is 17.0 Å². The average Bonchev–Trinajstić information content (AvgIpc) is 2.93. The Balaban J connectivity index is 1.50. The van der Waals surface area contributed by atoms with Gasteiger partial charge in [-0.1, -0.05) is 48.5 Å². The van der Waals surface area contributed by atoms with E-state index in [0.29, 0.717) is 0 Å². The van der Waals surface area contributed by atoms with E-state index >= 15 is 0 Å². The largest absolute Gasteiger partial charge is 0.456 e. The van der Waals surface area contributed by atoms with Gasteiger partial charge < -0.3 is 9.73 Å². The second-order valence-electron chi connectivity index (χ2n) is 5.81. The second kappa shape index (κ2) is 5.82. The Morgan fingerprint density at radius 3 is 2.73 bits per heavy atom. The van der Waals surface area contributed by atoms with E-state index in [2.05, 4.69) is 59.9 Å². The summed E-state index contributed by atoms with van der Waals surface area (Å²) in [6.45, 7) is 1.74. The zero-order valence-electron chi connectivity index (χ0n) is 12.5. The molecule has 0 radical (unpaired) electrons. The zero-order chi connectivity index (χ0) is 14.8. The molecule has 1 aliphatic rings. The minimum Gasteiger partial charge on any atom is -0.456 e. The van der Waals surface area contributed by atoms with Crippen LogP contribution in [0.1, 0.15) is 28.9 Å². The number of furan rings is 1. The Kier molecular flexibility index (Phi) is 3.53. The third kappa shape index (κ3) is 2.58. The van der Waals surface area contributed by atoms with Crippen LogP contribution in [0.2, 0.25) is 0 Å². The molecule has 0 aliphatic heterocycles. The van der Waals surface area contributed by atoms with E-state index < -0.39 is 0 Å². The van der Waals surface area contributed by atoms with Gasteiger partial charge >= 0.3 is 0 Å². The summed E-state index contributed by atoms with van der Waals surface area (Å²) in [4.78, 5) is 0. The zero-order valence-corrected chi connectivity index (χ0v) is 12.5. The predicted octanol–water partition coefficient (Wildman–Crippen LogP) is 4.68. The van der Waals surface area contributed by atoms with Crippen molar-refractivity contribution in [3.8, 4) is 0 Å². The third-order valence-corrected chi connectivity index (χ3v) is 4.22.